The molecule has 0 aliphatic heterocycles. The second kappa shape index (κ2) is 8.48. The van der Waals surface area contributed by atoms with Gasteiger partial charge in [-0.05, 0) is 18.1 Å². The van der Waals surface area contributed by atoms with Gasteiger partial charge >= 0.3 is 0 Å². The van der Waals surface area contributed by atoms with Crippen LogP contribution >= 0.6 is 11.8 Å². The quantitative estimate of drug-likeness (QED) is 0.659. The number of nitrogens with one attached hydrogen (secondary N) is 1. The van der Waals surface area contributed by atoms with Crippen molar-refractivity contribution < 1.29 is 9.21 Å². The van der Waals surface area contributed by atoms with Crippen molar-refractivity contribution in [1.82, 2.24) is 15.5 Å². The first-order chi connectivity index (χ1) is 12.2. The van der Waals surface area contributed by atoms with E-state index in [1.54, 1.807) is 0 Å². The number of rotatable bonds is 7. The molecule has 1 heterocycles. The zero-order chi connectivity index (χ0) is 17.5. The number of aromatic nitrogens is 2. The maximum absolute atomic E-state index is 12.2. The van der Waals surface area contributed by atoms with Crippen molar-refractivity contribution >= 4 is 17.7 Å². The Morgan fingerprint density at radius 1 is 1.04 bits per heavy atom. The van der Waals surface area contributed by atoms with Crippen LogP contribution in [0.25, 0.3) is 0 Å². The van der Waals surface area contributed by atoms with Crippen LogP contribution in [0.3, 0.4) is 0 Å². The predicted molar refractivity (Wildman–Crippen MR) is 97.2 cm³/mol. The highest BCUT2D eigenvalue weighted by molar-refractivity contribution is 8.00. The van der Waals surface area contributed by atoms with Gasteiger partial charge in [-0.25, -0.2) is 0 Å². The molecule has 1 amide bonds. The number of amides is 1. The molecule has 1 aromatic heterocycles. The zero-order valence-electron chi connectivity index (χ0n) is 13.9. The van der Waals surface area contributed by atoms with Gasteiger partial charge in [0.15, 0.2) is 0 Å². The average Bonchev–Trinajstić information content (AvgIpc) is 3.08. The van der Waals surface area contributed by atoms with Gasteiger partial charge in [0.1, 0.15) is 0 Å². The van der Waals surface area contributed by atoms with Gasteiger partial charge in [-0.2, -0.15) is 0 Å². The number of carbonyl (C=O) groups is 1. The third-order valence-electron chi connectivity index (χ3n) is 3.60. The van der Waals surface area contributed by atoms with E-state index in [1.165, 1.54) is 11.8 Å². The molecule has 0 fully saturated rings. The second-order valence-corrected chi connectivity index (χ2v) is 6.88. The fourth-order valence-corrected chi connectivity index (χ4v) is 2.99. The highest BCUT2D eigenvalue weighted by Gasteiger charge is 2.18. The fourth-order valence-electron chi connectivity index (χ4n) is 2.26. The van der Waals surface area contributed by atoms with Crippen LogP contribution in [0, 0.1) is 0 Å². The third-order valence-corrected chi connectivity index (χ3v) is 4.54. The highest BCUT2D eigenvalue weighted by atomic mass is 32.2. The molecule has 1 unspecified atom stereocenters. The number of hydrogen-bond acceptors (Lipinski definition) is 5. The van der Waals surface area contributed by atoms with Crippen molar-refractivity contribution in [3.63, 3.8) is 0 Å². The second-order valence-electron chi connectivity index (χ2n) is 5.59. The SMILES string of the molecule is CC(Sc1nnc(Cc2ccccc2)o1)C(=O)NCc1ccccc1. The van der Waals surface area contributed by atoms with Crippen LogP contribution in [0.15, 0.2) is 70.3 Å². The van der Waals surface area contributed by atoms with Crippen LogP contribution < -0.4 is 5.32 Å². The Morgan fingerprint density at radius 2 is 1.68 bits per heavy atom. The maximum Gasteiger partial charge on any atom is 0.277 e. The Bertz CT molecular complexity index is 806. The van der Waals surface area contributed by atoms with Gasteiger partial charge in [-0.3, -0.25) is 4.79 Å². The van der Waals surface area contributed by atoms with Gasteiger partial charge in [0.05, 0.1) is 11.7 Å². The van der Waals surface area contributed by atoms with Crippen molar-refractivity contribution in [3.8, 4) is 0 Å². The van der Waals surface area contributed by atoms with Crippen molar-refractivity contribution in [2.75, 3.05) is 0 Å². The van der Waals surface area contributed by atoms with E-state index in [9.17, 15) is 4.79 Å². The van der Waals surface area contributed by atoms with Crippen LogP contribution in [-0.2, 0) is 17.8 Å². The van der Waals surface area contributed by atoms with Crippen molar-refractivity contribution in [3.05, 3.63) is 77.7 Å². The minimum absolute atomic E-state index is 0.0586. The number of thioether (sulfide) groups is 1. The molecule has 1 N–H and O–H groups in total. The third kappa shape index (κ3) is 5.19. The molecule has 3 aromatic rings. The average molecular weight is 353 g/mol. The van der Waals surface area contributed by atoms with Crippen LogP contribution in [0.2, 0.25) is 0 Å². The molecule has 0 saturated carbocycles. The zero-order valence-corrected chi connectivity index (χ0v) is 14.7. The molecule has 0 saturated heterocycles. The van der Waals surface area contributed by atoms with Crippen LogP contribution in [-0.4, -0.2) is 21.4 Å². The van der Waals surface area contributed by atoms with Crippen molar-refractivity contribution in [2.45, 2.75) is 30.4 Å². The van der Waals surface area contributed by atoms with Crippen LogP contribution in [0.4, 0.5) is 0 Å². The minimum atomic E-state index is -0.311. The molecule has 0 aliphatic carbocycles. The molecule has 5 nitrogen and oxygen atoms in total. The van der Waals surface area contributed by atoms with E-state index >= 15 is 0 Å². The molecular formula is C19H19N3O2S. The van der Waals surface area contributed by atoms with Crippen LogP contribution in [0.1, 0.15) is 23.9 Å². The van der Waals surface area contributed by atoms with E-state index in [2.05, 4.69) is 15.5 Å². The van der Waals surface area contributed by atoms with E-state index in [1.807, 2.05) is 67.6 Å². The first-order valence-corrected chi connectivity index (χ1v) is 8.93. The lowest BCUT2D eigenvalue weighted by molar-refractivity contribution is -0.120. The lowest BCUT2D eigenvalue weighted by Gasteiger charge is -2.09. The molecule has 0 radical (unpaired) electrons. The molecule has 1 atom stereocenters. The monoisotopic (exact) mass is 353 g/mol. The molecule has 2 aromatic carbocycles. The summed E-state index contributed by atoms with van der Waals surface area (Å²) in [5, 5.41) is 11.1. The van der Waals surface area contributed by atoms with E-state index in [4.69, 9.17) is 4.42 Å². The number of carbonyl (C=O) groups excluding carboxylic acids is 1. The van der Waals surface area contributed by atoms with E-state index in [-0.39, 0.29) is 11.2 Å². The summed E-state index contributed by atoms with van der Waals surface area (Å²) in [6.07, 6.45) is 0.586. The lowest BCUT2D eigenvalue weighted by atomic mass is 10.2. The molecule has 0 spiro atoms. The smallest absolute Gasteiger partial charge is 0.277 e. The fraction of sp³-hybridized carbons (Fsp3) is 0.211. The molecule has 0 bridgehead atoms. The maximum atomic E-state index is 12.2. The minimum Gasteiger partial charge on any atom is -0.416 e. The normalized spacial score (nSPS) is 11.9. The summed E-state index contributed by atoms with van der Waals surface area (Å²) in [6, 6.07) is 19.7. The topological polar surface area (TPSA) is 68.0 Å². The van der Waals surface area contributed by atoms with Gasteiger partial charge in [0, 0.05) is 6.54 Å². The lowest BCUT2D eigenvalue weighted by Crippen LogP contribution is -2.30. The summed E-state index contributed by atoms with van der Waals surface area (Å²) in [4.78, 5) is 12.2. The Morgan fingerprint density at radius 3 is 2.36 bits per heavy atom. The summed E-state index contributed by atoms with van der Waals surface area (Å²) in [6.45, 7) is 2.33. The predicted octanol–water partition coefficient (Wildman–Crippen LogP) is 3.46. The van der Waals surface area contributed by atoms with E-state index in [0.717, 1.165) is 11.1 Å². The van der Waals surface area contributed by atoms with Gasteiger partial charge in [0.2, 0.25) is 11.8 Å². The summed E-state index contributed by atoms with van der Waals surface area (Å²) in [5.41, 5.74) is 2.17. The summed E-state index contributed by atoms with van der Waals surface area (Å²) >= 11 is 1.27. The molecule has 25 heavy (non-hydrogen) atoms. The van der Waals surface area contributed by atoms with E-state index < -0.39 is 0 Å². The summed E-state index contributed by atoms with van der Waals surface area (Å²) in [5.74, 6) is 0.488. The summed E-state index contributed by atoms with van der Waals surface area (Å²) < 4.78 is 5.63. The Balaban J connectivity index is 1.50. The largest absolute Gasteiger partial charge is 0.416 e. The first-order valence-electron chi connectivity index (χ1n) is 8.05. The van der Waals surface area contributed by atoms with Gasteiger partial charge in [0.25, 0.3) is 5.22 Å². The number of benzene rings is 2. The molecular weight excluding hydrogens is 334 g/mol. The Labute approximate surface area is 150 Å². The van der Waals surface area contributed by atoms with Crippen molar-refractivity contribution in [2.24, 2.45) is 0 Å². The number of hydrogen-bond donors (Lipinski definition) is 1. The van der Waals surface area contributed by atoms with Gasteiger partial charge < -0.3 is 9.73 Å². The van der Waals surface area contributed by atoms with Crippen molar-refractivity contribution in [1.29, 1.82) is 0 Å². The van der Waals surface area contributed by atoms with Gasteiger partial charge in [-0.1, -0.05) is 72.4 Å². The first kappa shape index (κ1) is 17.2. The Hall–Kier alpha value is -2.60. The highest BCUT2D eigenvalue weighted by Crippen LogP contribution is 2.22. The molecule has 0 aliphatic rings. The summed E-state index contributed by atoms with van der Waals surface area (Å²) in [7, 11) is 0. The van der Waals surface area contributed by atoms with E-state index in [0.29, 0.717) is 24.1 Å². The molecule has 128 valence electrons. The molecule has 6 heteroatoms. The van der Waals surface area contributed by atoms with Gasteiger partial charge in [-0.15, -0.1) is 10.2 Å². The van der Waals surface area contributed by atoms with Crippen LogP contribution in [0.5, 0.6) is 0 Å². The molecule has 3 rings (SSSR count). The standard InChI is InChI=1S/C19H19N3O2S/c1-14(18(23)20-13-16-10-6-3-7-11-16)25-19-22-21-17(24-19)12-15-8-4-2-5-9-15/h2-11,14H,12-13H2,1H3,(H,20,23). The Kier molecular flexibility index (Phi) is 5.85. The number of nitrogens with zero attached hydrogens (tertiary/aromatic N) is 2.